The summed E-state index contributed by atoms with van der Waals surface area (Å²) in [5, 5.41) is 1.12. The lowest BCUT2D eigenvalue weighted by Gasteiger charge is -2.36. The lowest BCUT2D eigenvalue weighted by molar-refractivity contribution is -0.118. The van der Waals surface area contributed by atoms with E-state index in [9.17, 15) is 4.79 Å². The standard InChI is InChI=1S/C21H29NO2/c1-3-4-7-17-10-12-22(13-11-17)19(14-16(2)23)21-15-18-8-5-6-9-20(18)24-21/h5-6,8-9,15,17,19H,3-4,7,10-14H2,1-2H3. The van der Waals surface area contributed by atoms with Crippen LogP contribution in [-0.2, 0) is 4.79 Å². The fourth-order valence-corrected chi connectivity index (χ4v) is 3.89. The van der Waals surface area contributed by atoms with Crippen LogP contribution in [0.15, 0.2) is 34.7 Å². The maximum atomic E-state index is 11.8. The van der Waals surface area contributed by atoms with E-state index in [0.29, 0.717) is 6.42 Å². The van der Waals surface area contributed by atoms with Gasteiger partial charge in [-0.25, -0.2) is 0 Å². The zero-order chi connectivity index (χ0) is 16.9. The number of carbonyl (C=O) groups is 1. The van der Waals surface area contributed by atoms with Crippen molar-refractivity contribution in [2.24, 2.45) is 5.92 Å². The number of carbonyl (C=O) groups excluding carboxylic acids is 1. The molecule has 0 aliphatic carbocycles. The number of piperidine rings is 1. The Morgan fingerprint density at radius 3 is 2.71 bits per heavy atom. The number of likely N-dealkylation sites (tertiary alicyclic amines) is 1. The molecule has 130 valence electrons. The van der Waals surface area contributed by atoms with Gasteiger partial charge < -0.3 is 4.42 Å². The second kappa shape index (κ2) is 7.98. The number of benzene rings is 1. The van der Waals surface area contributed by atoms with Crippen LogP contribution in [0, 0.1) is 5.92 Å². The van der Waals surface area contributed by atoms with Gasteiger partial charge in [-0.1, -0.05) is 44.4 Å². The van der Waals surface area contributed by atoms with Crippen molar-refractivity contribution in [1.82, 2.24) is 4.90 Å². The number of hydrogen-bond acceptors (Lipinski definition) is 3. The summed E-state index contributed by atoms with van der Waals surface area (Å²) in [6.45, 7) is 6.09. The third-order valence-corrected chi connectivity index (χ3v) is 5.31. The van der Waals surface area contributed by atoms with Gasteiger partial charge in [-0.3, -0.25) is 9.69 Å². The van der Waals surface area contributed by atoms with Crippen LogP contribution in [0.2, 0.25) is 0 Å². The number of furan rings is 1. The molecule has 1 aromatic carbocycles. The van der Waals surface area contributed by atoms with Gasteiger partial charge in [0.15, 0.2) is 0 Å². The van der Waals surface area contributed by atoms with Crippen LogP contribution in [0.4, 0.5) is 0 Å². The number of Topliss-reactive ketones (excluding diaryl/α,β-unsaturated/α-hetero) is 1. The average molecular weight is 327 g/mol. The lowest BCUT2D eigenvalue weighted by Crippen LogP contribution is -2.37. The first-order valence-electron chi connectivity index (χ1n) is 9.39. The van der Waals surface area contributed by atoms with Crippen molar-refractivity contribution >= 4 is 16.8 Å². The average Bonchev–Trinajstić information content (AvgIpc) is 3.02. The normalized spacial score (nSPS) is 18.1. The molecule has 3 nitrogen and oxygen atoms in total. The van der Waals surface area contributed by atoms with E-state index in [1.165, 1.54) is 32.1 Å². The summed E-state index contributed by atoms with van der Waals surface area (Å²) < 4.78 is 6.08. The molecule has 0 N–H and O–H groups in total. The van der Waals surface area contributed by atoms with Crippen molar-refractivity contribution in [3.8, 4) is 0 Å². The molecule has 1 aliphatic rings. The summed E-state index contributed by atoms with van der Waals surface area (Å²) in [6.07, 6.45) is 7.01. The van der Waals surface area contributed by atoms with E-state index in [1.54, 1.807) is 6.92 Å². The number of ketones is 1. The molecule has 1 unspecified atom stereocenters. The third kappa shape index (κ3) is 4.07. The Labute approximate surface area is 145 Å². The van der Waals surface area contributed by atoms with Crippen LogP contribution in [0.5, 0.6) is 0 Å². The molecule has 1 fully saturated rings. The zero-order valence-electron chi connectivity index (χ0n) is 15.0. The van der Waals surface area contributed by atoms with E-state index in [2.05, 4.69) is 24.0 Å². The fraction of sp³-hybridized carbons (Fsp3) is 0.571. The first-order chi connectivity index (χ1) is 11.7. The highest BCUT2D eigenvalue weighted by molar-refractivity contribution is 5.79. The quantitative estimate of drug-likeness (QED) is 0.687. The minimum Gasteiger partial charge on any atom is -0.459 e. The summed E-state index contributed by atoms with van der Waals surface area (Å²) in [5.74, 6) is 2.03. The molecule has 0 saturated carbocycles. The van der Waals surface area contributed by atoms with E-state index in [-0.39, 0.29) is 11.8 Å². The smallest absolute Gasteiger partial charge is 0.134 e. The summed E-state index contributed by atoms with van der Waals surface area (Å²) in [5.41, 5.74) is 0.916. The molecule has 0 radical (unpaired) electrons. The summed E-state index contributed by atoms with van der Waals surface area (Å²) >= 11 is 0. The monoisotopic (exact) mass is 327 g/mol. The number of unbranched alkanes of at least 4 members (excludes halogenated alkanes) is 1. The van der Waals surface area contributed by atoms with Gasteiger partial charge in [0.1, 0.15) is 17.1 Å². The number of fused-ring (bicyclic) bond motifs is 1. The Kier molecular flexibility index (Phi) is 5.72. The Morgan fingerprint density at radius 2 is 2.04 bits per heavy atom. The summed E-state index contributed by atoms with van der Waals surface area (Å²) in [6, 6.07) is 10.3. The molecule has 2 aromatic rings. The number of rotatable bonds is 7. The Morgan fingerprint density at radius 1 is 1.29 bits per heavy atom. The highest BCUT2D eigenvalue weighted by Gasteiger charge is 2.29. The Bertz CT molecular complexity index is 634. The lowest BCUT2D eigenvalue weighted by atomic mass is 9.90. The van der Waals surface area contributed by atoms with Gasteiger partial charge in [-0.2, -0.15) is 0 Å². The van der Waals surface area contributed by atoms with Gasteiger partial charge >= 0.3 is 0 Å². The zero-order valence-corrected chi connectivity index (χ0v) is 15.0. The topological polar surface area (TPSA) is 33.5 Å². The van der Waals surface area contributed by atoms with Crippen LogP contribution in [-0.4, -0.2) is 23.8 Å². The molecular formula is C21H29NO2. The van der Waals surface area contributed by atoms with Crippen LogP contribution >= 0.6 is 0 Å². The van der Waals surface area contributed by atoms with Crippen molar-refractivity contribution in [1.29, 1.82) is 0 Å². The first-order valence-corrected chi connectivity index (χ1v) is 9.39. The molecule has 3 heteroatoms. The highest BCUT2D eigenvalue weighted by Crippen LogP contribution is 2.34. The van der Waals surface area contributed by atoms with E-state index >= 15 is 0 Å². The molecule has 1 saturated heterocycles. The van der Waals surface area contributed by atoms with Gasteiger partial charge in [0, 0.05) is 11.8 Å². The number of hydrogen-bond donors (Lipinski definition) is 0. The van der Waals surface area contributed by atoms with Crippen molar-refractivity contribution in [3.63, 3.8) is 0 Å². The van der Waals surface area contributed by atoms with Gasteiger partial charge in [-0.05, 0) is 50.9 Å². The van der Waals surface area contributed by atoms with Crippen LogP contribution in [0.25, 0.3) is 11.0 Å². The minimum absolute atomic E-state index is 0.0852. The van der Waals surface area contributed by atoms with Crippen LogP contribution in [0.1, 0.15) is 64.2 Å². The van der Waals surface area contributed by atoms with Gasteiger partial charge in [0.25, 0.3) is 0 Å². The predicted octanol–water partition coefficient (Wildman–Crippen LogP) is 5.36. The van der Waals surface area contributed by atoms with Crippen LogP contribution < -0.4 is 0 Å². The van der Waals surface area contributed by atoms with Gasteiger partial charge in [0.2, 0.25) is 0 Å². The molecule has 1 atom stereocenters. The summed E-state index contributed by atoms with van der Waals surface area (Å²) in [7, 11) is 0. The van der Waals surface area contributed by atoms with Crippen molar-refractivity contribution in [2.75, 3.05) is 13.1 Å². The minimum atomic E-state index is 0.0852. The molecule has 1 aliphatic heterocycles. The largest absolute Gasteiger partial charge is 0.459 e. The van der Waals surface area contributed by atoms with E-state index in [4.69, 9.17) is 4.42 Å². The Hall–Kier alpha value is -1.61. The Balaban J connectivity index is 1.73. The van der Waals surface area contributed by atoms with E-state index < -0.39 is 0 Å². The van der Waals surface area contributed by atoms with Crippen molar-refractivity contribution in [2.45, 2.75) is 58.4 Å². The predicted molar refractivity (Wildman–Crippen MR) is 98.1 cm³/mol. The molecule has 1 aromatic heterocycles. The van der Waals surface area contributed by atoms with Gasteiger partial charge in [0.05, 0.1) is 6.04 Å². The maximum Gasteiger partial charge on any atom is 0.134 e. The van der Waals surface area contributed by atoms with E-state index in [1.807, 2.05) is 18.2 Å². The summed E-state index contributed by atoms with van der Waals surface area (Å²) in [4.78, 5) is 14.3. The fourth-order valence-electron chi connectivity index (χ4n) is 3.89. The SMILES string of the molecule is CCCCC1CCN(C(CC(C)=O)c2cc3ccccc3o2)CC1. The molecule has 2 heterocycles. The molecule has 0 spiro atoms. The maximum absolute atomic E-state index is 11.8. The molecule has 0 amide bonds. The highest BCUT2D eigenvalue weighted by atomic mass is 16.3. The molecular weight excluding hydrogens is 298 g/mol. The van der Waals surface area contributed by atoms with E-state index in [0.717, 1.165) is 35.7 Å². The van der Waals surface area contributed by atoms with Crippen LogP contribution in [0.3, 0.4) is 0 Å². The van der Waals surface area contributed by atoms with Crippen molar-refractivity contribution in [3.05, 3.63) is 36.1 Å². The first kappa shape index (κ1) is 17.2. The number of para-hydroxylation sites is 1. The molecule has 3 rings (SSSR count). The second-order valence-electron chi connectivity index (χ2n) is 7.23. The number of nitrogens with zero attached hydrogens (tertiary/aromatic N) is 1. The third-order valence-electron chi connectivity index (χ3n) is 5.31. The second-order valence-corrected chi connectivity index (χ2v) is 7.23. The molecule has 0 bridgehead atoms. The van der Waals surface area contributed by atoms with Crippen molar-refractivity contribution < 1.29 is 9.21 Å². The van der Waals surface area contributed by atoms with Gasteiger partial charge in [-0.15, -0.1) is 0 Å². The molecule has 24 heavy (non-hydrogen) atoms.